The van der Waals surface area contributed by atoms with E-state index in [-0.39, 0.29) is 55.5 Å². The van der Waals surface area contributed by atoms with Gasteiger partial charge >= 0.3 is 6.16 Å². The highest BCUT2D eigenvalue weighted by Gasteiger charge is 2.41. The predicted molar refractivity (Wildman–Crippen MR) is 130 cm³/mol. The van der Waals surface area contributed by atoms with E-state index in [1.54, 1.807) is 0 Å². The molecule has 0 aliphatic carbocycles. The van der Waals surface area contributed by atoms with E-state index < -0.39 is 53.7 Å². The molecule has 0 spiro atoms. The summed E-state index contributed by atoms with van der Waals surface area (Å²) >= 11 is 0. The van der Waals surface area contributed by atoms with E-state index in [0.717, 1.165) is 6.07 Å². The van der Waals surface area contributed by atoms with Gasteiger partial charge in [0.2, 0.25) is 18.0 Å². The highest BCUT2D eigenvalue weighted by atomic mass is 19.1. The van der Waals surface area contributed by atoms with Gasteiger partial charge in [-0.2, -0.15) is 0 Å². The summed E-state index contributed by atoms with van der Waals surface area (Å²) in [5, 5.41) is 0. The number of aryl methyl sites for hydroxylation is 1. The molecule has 1 aromatic heterocycles. The van der Waals surface area contributed by atoms with E-state index in [2.05, 4.69) is 0 Å². The number of hydrogen-bond donors (Lipinski definition) is 0. The van der Waals surface area contributed by atoms with E-state index in [4.69, 9.17) is 23.7 Å². The Hall–Kier alpha value is -3.84. The Morgan fingerprint density at radius 2 is 1.95 bits per heavy atom. The van der Waals surface area contributed by atoms with Crippen LogP contribution in [0.5, 0.6) is 5.75 Å². The molecule has 0 bridgehead atoms. The van der Waals surface area contributed by atoms with Crippen LogP contribution in [-0.4, -0.2) is 73.3 Å². The Morgan fingerprint density at radius 1 is 1.15 bits per heavy atom. The van der Waals surface area contributed by atoms with Gasteiger partial charge in [0.25, 0.3) is 5.91 Å². The molecule has 0 unspecified atom stereocenters. The lowest BCUT2D eigenvalue weighted by atomic mass is 10.0. The van der Waals surface area contributed by atoms with Crippen molar-refractivity contribution in [2.75, 3.05) is 33.7 Å². The van der Waals surface area contributed by atoms with E-state index in [1.165, 1.54) is 28.8 Å². The van der Waals surface area contributed by atoms with E-state index >= 15 is 0 Å². The van der Waals surface area contributed by atoms with Gasteiger partial charge < -0.3 is 33.2 Å². The van der Waals surface area contributed by atoms with Gasteiger partial charge in [-0.15, -0.1) is 0 Å². The van der Waals surface area contributed by atoms with Gasteiger partial charge in [-0.05, 0) is 31.4 Å². The summed E-state index contributed by atoms with van der Waals surface area (Å²) in [6.07, 6.45) is -0.210. The number of pyridine rings is 1. The molecule has 0 saturated carbocycles. The zero-order valence-electron chi connectivity index (χ0n) is 21.4. The number of benzene rings is 1. The molecule has 39 heavy (non-hydrogen) atoms. The van der Waals surface area contributed by atoms with E-state index in [0.29, 0.717) is 19.1 Å². The third kappa shape index (κ3) is 6.25. The van der Waals surface area contributed by atoms with Crippen molar-refractivity contribution < 1.29 is 46.8 Å². The maximum absolute atomic E-state index is 14.1. The topological polar surface area (TPSA) is 123 Å². The molecule has 0 N–H and O–H groups in total. The number of Topliss-reactive ketones (excluding diaryl/α,β-unsaturated/α-hetero) is 1. The van der Waals surface area contributed by atoms with Crippen molar-refractivity contribution in [1.82, 2.24) is 9.47 Å². The number of halogens is 2. The predicted octanol–water partition coefficient (Wildman–Crippen LogP) is 2.67. The number of nitrogens with zero attached hydrogens (tertiary/aromatic N) is 2. The summed E-state index contributed by atoms with van der Waals surface area (Å²) in [6, 6.07) is 2.84. The van der Waals surface area contributed by atoms with Crippen molar-refractivity contribution in [1.29, 1.82) is 0 Å². The Bertz CT molecular complexity index is 1310. The Kier molecular flexibility index (Phi) is 8.92. The molecular weight excluding hydrogens is 522 g/mol. The first kappa shape index (κ1) is 28.2. The van der Waals surface area contributed by atoms with Crippen molar-refractivity contribution in [3.63, 3.8) is 0 Å². The lowest BCUT2D eigenvalue weighted by molar-refractivity contribution is -0.112. The number of aromatic nitrogens is 1. The highest BCUT2D eigenvalue weighted by Crippen LogP contribution is 2.30. The molecule has 1 aromatic carbocycles. The fourth-order valence-electron chi connectivity index (χ4n) is 4.47. The molecule has 2 aliphatic rings. The summed E-state index contributed by atoms with van der Waals surface area (Å²) in [6.45, 7) is 1.71. The molecule has 4 rings (SSSR count). The fourth-order valence-corrected chi connectivity index (χ4v) is 4.47. The van der Waals surface area contributed by atoms with Gasteiger partial charge in [0.1, 0.15) is 18.2 Å². The average molecular weight is 551 g/mol. The molecule has 1 fully saturated rings. The number of carbonyl (C=O) groups is 3. The van der Waals surface area contributed by atoms with Crippen molar-refractivity contribution in [2.24, 2.45) is 0 Å². The van der Waals surface area contributed by atoms with Crippen LogP contribution in [0, 0.1) is 11.6 Å². The van der Waals surface area contributed by atoms with Crippen LogP contribution in [0.25, 0.3) is 0 Å². The van der Waals surface area contributed by atoms with Crippen LogP contribution >= 0.6 is 0 Å². The second-order valence-electron chi connectivity index (χ2n) is 9.03. The van der Waals surface area contributed by atoms with Gasteiger partial charge in [0.05, 0.1) is 25.3 Å². The first-order valence-electron chi connectivity index (χ1n) is 12.3. The Balaban J connectivity index is 1.61. The monoisotopic (exact) mass is 550 g/mol. The first-order valence-corrected chi connectivity index (χ1v) is 12.3. The molecule has 2 aliphatic heterocycles. The molecule has 2 atom stereocenters. The SMILES string of the molecule is COCCOC(=O)OCOc1c2n(cc(C(=O)CCc3ccc(F)cc3F)c1=O)C[C@@H]1OCC[C@@H](C)N1C2=O. The van der Waals surface area contributed by atoms with Crippen LogP contribution in [0.15, 0.2) is 29.2 Å². The number of hydrogen-bond acceptors (Lipinski definition) is 9. The summed E-state index contributed by atoms with van der Waals surface area (Å²) in [7, 11) is 1.43. The van der Waals surface area contributed by atoms with Gasteiger partial charge in [-0.3, -0.25) is 14.4 Å². The molecule has 0 radical (unpaired) electrons. The molecule has 3 heterocycles. The lowest BCUT2D eigenvalue weighted by Gasteiger charge is -2.44. The summed E-state index contributed by atoms with van der Waals surface area (Å²) in [4.78, 5) is 53.2. The van der Waals surface area contributed by atoms with Gasteiger partial charge in [-0.1, -0.05) is 6.07 Å². The molecule has 210 valence electrons. The fraction of sp³-hybridized carbons (Fsp3) is 0.462. The first-order chi connectivity index (χ1) is 18.7. The average Bonchev–Trinajstić information content (AvgIpc) is 2.89. The largest absolute Gasteiger partial charge is 0.511 e. The number of amides is 1. The normalized spacial score (nSPS) is 18.3. The Labute approximate surface area is 222 Å². The van der Waals surface area contributed by atoms with Crippen LogP contribution in [0.3, 0.4) is 0 Å². The summed E-state index contributed by atoms with van der Waals surface area (Å²) in [5.74, 6) is -3.21. The number of ether oxygens (including phenoxy) is 5. The van der Waals surface area contributed by atoms with Crippen LogP contribution < -0.4 is 10.2 Å². The summed E-state index contributed by atoms with van der Waals surface area (Å²) in [5.41, 5.74) is -1.20. The molecule has 13 heteroatoms. The van der Waals surface area contributed by atoms with E-state index in [9.17, 15) is 28.0 Å². The van der Waals surface area contributed by atoms with Crippen molar-refractivity contribution in [2.45, 2.75) is 45.0 Å². The van der Waals surface area contributed by atoms with Gasteiger partial charge in [-0.25, -0.2) is 13.6 Å². The van der Waals surface area contributed by atoms with E-state index in [1.807, 2.05) is 6.92 Å². The van der Waals surface area contributed by atoms with Crippen molar-refractivity contribution in [3.05, 3.63) is 63.1 Å². The van der Waals surface area contributed by atoms with Gasteiger partial charge in [0, 0.05) is 31.8 Å². The number of ketones is 1. The lowest BCUT2D eigenvalue weighted by Crippen LogP contribution is -2.57. The van der Waals surface area contributed by atoms with Crippen molar-refractivity contribution >= 4 is 17.8 Å². The standard InChI is InChI=1S/C26H28F2N2O9/c1-15-7-8-36-21-13-29-12-18(20(31)6-4-16-3-5-17(27)11-19(16)28)23(32)24(22(29)25(33)30(15)21)38-14-39-26(34)37-10-9-35-2/h3,5,11-12,15,21H,4,6-10,13-14H2,1-2H3/t15-,21+/m1/s1. The smallest absolute Gasteiger partial charge is 0.451 e. The Morgan fingerprint density at radius 3 is 2.69 bits per heavy atom. The van der Waals surface area contributed by atoms with Crippen LogP contribution in [0.1, 0.15) is 46.2 Å². The minimum atomic E-state index is -1.08. The molecule has 1 amide bonds. The van der Waals surface area contributed by atoms with Gasteiger partial charge in [0.15, 0.2) is 17.7 Å². The molecule has 1 saturated heterocycles. The maximum Gasteiger partial charge on any atom is 0.511 e. The highest BCUT2D eigenvalue weighted by molar-refractivity contribution is 6.00. The number of carbonyl (C=O) groups excluding carboxylic acids is 3. The molecule has 2 aromatic rings. The minimum absolute atomic E-state index is 0.0707. The van der Waals surface area contributed by atoms with Crippen LogP contribution in [0.2, 0.25) is 0 Å². The maximum atomic E-state index is 14.1. The number of fused-ring (bicyclic) bond motifs is 2. The number of rotatable bonds is 10. The minimum Gasteiger partial charge on any atom is -0.451 e. The second kappa shape index (κ2) is 12.3. The van der Waals surface area contributed by atoms with Crippen molar-refractivity contribution in [3.8, 4) is 5.75 Å². The zero-order chi connectivity index (χ0) is 28.1. The van der Waals surface area contributed by atoms with Crippen LogP contribution in [0.4, 0.5) is 13.6 Å². The quantitative estimate of drug-likeness (QED) is 0.190. The molecular formula is C26H28F2N2O9. The zero-order valence-corrected chi connectivity index (χ0v) is 21.4. The third-order valence-electron chi connectivity index (χ3n) is 6.48. The summed E-state index contributed by atoms with van der Waals surface area (Å²) < 4.78 is 54.3. The number of methoxy groups -OCH3 is 1. The van der Waals surface area contributed by atoms with Crippen LogP contribution in [-0.2, 0) is 31.9 Å². The third-order valence-corrected chi connectivity index (χ3v) is 6.48. The molecule has 11 nitrogen and oxygen atoms in total. The second-order valence-corrected chi connectivity index (χ2v) is 9.03.